The van der Waals surface area contributed by atoms with E-state index in [9.17, 15) is 23.1 Å². The number of fused-ring (bicyclic) bond motifs is 1. The van der Waals surface area contributed by atoms with Crippen molar-refractivity contribution in [1.82, 2.24) is 25.1 Å². The van der Waals surface area contributed by atoms with E-state index in [-0.39, 0.29) is 36.1 Å². The van der Waals surface area contributed by atoms with E-state index in [4.69, 9.17) is 0 Å². The molecule has 0 radical (unpaired) electrons. The predicted molar refractivity (Wildman–Crippen MR) is 156 cm³/mol. The molecule has 224 valence electrons. The van der Waals surface area contributed by atoms with E-state index in [0.29, 0.717) is 30.2 Å². The number of carbonyl (C=O) groups excluding carboxylic acids is 1. The van der Waals surface area contributed by atoms with Gasteiger partial charge >= 0.3 is 6.18 Å². The minimum absolute atomic E-state index is 0.00952. The number of amides is 1. The van der Waals surface area contributed by atoms with Crippen molar-refractivity contribution >= 4 is 17.5 Å². The molecule has 1 aliphatic heterocycles. The van der Waals surface area contributed by atoms with Crippen molar-refractivity contribution < 1.29 is 23.1 Å². The molecular weight excluding hydrogens is 559 g/mol. The van der Waals surface area contributed by atoms with E-state index in [1.807, 2.05) is 44.3 Å². The van der Waals surface area contributed by atoms with Gasteiger partial charge in [-0.25, -0.2) is 4.98 Å². The maximum Gasteiger partial charge on any atom is 0.416 e. The van der Waals surface area contributed by atoms with Crippen LogP contribution in [0.4, 0.5) is 24.8 Å². The van der Waals surface area contributed by atoms with Crippen molar-refractivity contribution in [1.29, 1.82) is 0 Å². The lowest BCUT2D eigenvalue weighted by Crippen LogP contribution is -2.35. The fourth-order valence-electron chi connectivity index (χ4n) is 5.97. The summed E-state index contributed by atoms with van der Waals surface area (Å²) in [5, 5.41) is 24.7. The van der Waals surface area contributed by atoms with E-state index in [2.05, 4.69) is 25.8 Å². The molecule has 2 aliphatic rings. The van der Waals surface area contributed by atoms with Crippen LogP contribution in [-0.4, -0.2) is 49.5 Å². The van der Waals surface area contributed by atoms with Crippen LogP contribution in [0.1, 0.15) is 53.2 Å². The second kappa shape index (κ2) is 11.4. The van der Waals surface area contributed by atoms with E-state index in [1.54, 1.807) is 17.0 Å². The zero-order valence-corrected chi connectivity index (χ0v) is 23.8. The number of rotatable bonds is 8. The molecule has 0 spiro atoms. The molecule has 3 N–H and O–H groups in total. The zero-order chi connectivity index (χ0) is 30.3. The zero-order valence-electron chi connectivity index (χ0n) is 23.8. The van der Waals surface area contributed by atoms with Crippen LogP contribution < -0.4 is 15.5 Å². The number of halogens is 3. The lowest BCUT2D eigenvalue weighted by Gasteiger charge is -2.19. The Morgan fingerprint density at radius 3 is 2.53 bits per heavy atom. The number of nitrogens with one attached hydrogen (secondary N) is 2. The highest BCUT2D eigenvalue weighted by atomic mass is 19.4. The van der Waals surface area contributed by atoms with Gasteiger partial charge in [-0.3, -0.25) is 9.69 Å². The minimum Gasteiger partial charge on any atom is -0.392 e. The van der Waals surface area contributed by atoms with Crippen LogP contribution in [0, 0.1) is 0 Å². The summed E-state index contributed by atoms with van der Waals surface area (Å²) in [6.45, 7) is 2.32. The summed E-state index contributed by atoms with van der Waals surface area (Å²) in [5.74, 6) is 0.827. The van der Waals surface area contributed by atoms with Gasteiger partial charge in [-0.05, 0) is 72.7 Å². The van der Waals surface area contributed by atoms with Crippen molar-refractivity contribution in [2.24, 2.45) is 7.05 Å². The first-order valence-corrected chi connectivity index (χ1v) is 14.3. The monoisotopic (exact) mass is 591 g/mol. The van der Waals surface area contributed by atoms with Crippen molar-refractivity contribution in [2.45, 2.75) is 57.6 Å². The molecule has 4 aromatic rings. The number of aliphatic hydroxyl groups is 1. The molecule has 2 aromatic heterocycles. The fourth-order valence-corrected chi connectivity index (χ4v) is 5.97. The van der Waals surface area contributed by atoms with Crippen molar-refractivity contribution in [3.8, 4) is 22.5 Å². The molecule has 0 bridgehead atoms. The SMILES string of the molecule is CCNc1cc(-c2ccccc2-c2nncn2C)cc(N2Cc3c(cc(CN[C@@H]4CCC[C@H]4O)cc3C(F)(F)F)C2=O)n1. The lowest BCUT2D eigenvalue weighted by molar-refractivity contribution is -0.138. The Labute approximate surface area is 246 Å². The number of anilines is 2. The summed E-state index contributed by atoms with van der Waals surface area (Å²) in [7, 11) is 1.84. The van der Waals surface area contributed by atoms with E-state index in [0.717, 1.165) is 35.6 Å². The number of aryl methyl sites for hydroxylation is 1. The number of benzene rings is 2. The molecule has 3 heterocycles. The average molecular weight is 592 g/mol. The van der Waals surface area contributed by atoms with Crippen LogP contribution in [0.15, 0.2) is 54.9 Å². The third-order valence-corrected chi connectivity index (χ3v) is 8.09. The first kappa shape index (κ1) is 28.8. The number of aliphatic hydroxyl groups excluding tert-OH is 1. The summed E-state index contributed by atoms with van der Waals surface area (Å²) in [5.41, 5.74) is 1.79. The van der Waals surface area contributed by atoms with Gasteiger partial charge in [0, 0.05) is 37.3 Å². The van der Waals surface area contributed by atoms with Crippen LogP contribution >= 0.6 is 0 Å². The second-order valence-corrected chi connectivity index (χ2v) is 11.0. The number of pyridine rings is 1. The molecule has 6 rings (SSSR count). The largest absolute Gasteiger partial charge is 0.416 e. The quantitative estimate of drug-likeness (QED) is 0.260. The number of aromatic nitrogens is 4. The van der Waals surface area contributed by atoms with E-state index < -0.39 is 23.8 Å². The number of hydrogen-bond acceptors (Lipinski definition) is 7. The Morgan fingerprint density at radius 1 is 1.07 bits per heavy atom. The Balaban J connectivity index is 1.39. The molecule has 2 aromatic carbocycles. The molecule has 12 heteroatoms. The van der Waals surface area contributed by atoms with Gasteiger partial charge in [0.1, 0.15) is 18.0 Å². The van der Waals surface area contributed by atoms with Gasteiger partial charge < -0.3 is 20.3 Å². The van der Waals surface area contributed by atoms with Crippen LogP contribution in [0.25, 0.3) is 22.5 Å². The fraction of sp³-hybridized carbons (Fsp3) is 0.355. The Bertz CT molecular complexity index is 1670. The molecule has 1 saturated carbocycles. The highest BCUT2D eigenvalue weighted by Crippen LogP contribution is 2.41. The van der Waals surface area contributed by atoms with Crippen molar-refractivity contribution in [2.75, 3.05) is 16.8 Å². The highest BCUT2D eigenvalue weighted by Gasteiger charge is 2.41. The third kappa shape index (κ3) is 5.59. The van der Waals surface area contributed by atoms with Crippen LogP contribution in [0.2, 0.25) is 0 Å². The summed E-state index contributed by atoms with van der Waals surface area (Å²) < 4.78 is 44.7. The second-order valence-electron chi connectivity index (χ2n) is 11.0. The maximum atomic E-state index is 14.3. The molecule has 1 fully saturated rings. The van der Waals surface area contributed by atoms with Gasteiger partial charge in [-0.15, -0.1) is 10.2 Å². The molecule has 43 heavy (non-hydrogen) atoms. The summed E-state index contributed by atoms with van der Waals surface area (Å²) in [6, 6.07) is 13.6. The Hall–Kier alpha value is -4.29. The predicted octanol–water partition coefficient (Wildman–Crippen LogP) is 5.16. The minimum atomic E-state index is -4.65. The maximum absolute atomic E-state index is 14.3. The number of hydrogen-bond donors (Lipinski definition) is 3. The molecular formula is C31H32F3N7O2. The van der Waals surface area contributed by atoms with Gasteiger partial charge in [-0.1, -0.05) is 24.3 Å². The molecule has 9 nitrogen and oxygen atoms in total. The van der Waals surface area contributed by atoms with Crippen LogP contribution in [-0.2, 0) is 26.3 Å². The topological polar surface area (TPSA) is 108 Å². The highest BCUT2D eigenvalue weighted by molar-refractivity contribution is 6.10. The van der Waals surface area contributed by atoms with Gasteiger partial charge in [0.15, 0.2) is 5.82 Å². The van der Waals surface area contributed by atoms with Crippen LogP contribution in [0.5, 0.6) is 0 Å². The van der Waals surface area contributed by atoms with E-state index >= 15 is 0 Å². The normalized spacial score (nSPS) is 18.4. The van der Waals surface area contributed by atoms with Crippen LogP contribution in [0.3, 0.4) is 0 Å². The van der Waals surface area contributed by atoms with E-state index in [1.165, 1.54) is 11.0 Å². The number of nitrogens with zero attached hydrogens (tertiary/aromatic N) is 5. The lowest BCUT2D eigenvalue weighted by atomic mass is 9.98. The van der Waals surface area contributed by atoms with Gasteiger partial charge in [0.2, 0.25) is 0 Å². The summed E-state index contributed by atoms with van der Waals surface area (Å²) in [6.07, 6.45) is -1.31. The number of alkyl halides is 3. The summed E-state index contributed by atoms with van der Waals surface area (Å²) in [4.78, 5) is 19.7. The molecule has 1 aliphatic carbocycles. The molecule has 0 unspecified atom stereocenters. The van der Waals surface area contributed by atoms with Crippen molar-refractivity contribution in [3.63, 3.8) is 0 Å². The molecule has 1 amide bonds. The molecule has 2 atom stereocenters. The summed E-state index contributed by atoms with van der Waals surface area (Å²) >= 11 is 0. The smallest absolute Gasteiger partial charge is 0.392 e. The van der Waals surface area contributed by atoms with Gasteiger partial charge in [0.25, 0.3) is 5.91 Å². The average Bonchev–Trinajstić information content (AvgIpc) is 3.69. The standard InChI is InChI=1S/C31H32F3N7O2/c1-3-35-27-13-19(20-7-4-5-8-21(20)29-39-37-17-40(29)2)14-28(38-27)41-16-23-22(30(41)43)11-18(12-24(23)31(32,33)34)15-36-25-9-6-10-26(25)42/h4-5,7-8,11-14,17,25-26,36,42H,3,6,9-10,15-16H2,1-2H3,(H,35,38)/t25-,26-/m1/s1. The Kier molecular flexibility index (Phi) is 7.65. The molecule has 0 saturated heterocycles. The first-order valence-electron chi connectivity index (χ1n) is 14.3. The van der Waals surface area contributed by atoms with Crippen molar-refractivity contribution in [3.05, 3.63) is 77.1 Å². The van der Waals surface area contributed by atoms with Gasteiger partial charge in [0.05, 0.1) is 18.2 Å². The number of carbonyl (C=O) groups is 1. The van der Waals surface area contributed by atoms with Gasteiger partial charge in [-0.2, -0.15) is 13.2 Å². The third-order valence-electron chi connectivity index (χ3n) is 8.09. The first-order chi connectivity index (χ1) is 20.6. The Morgan fingerprint density at radius 2 is 1.86 bits per heavy atom.